The number of carboxylic acid groups (broad SMARTS) is 1. The Morgan fingerprint density at radius 3 is 2.67 bits per heavy atom. The largest absolute Gasteiger partial charge is 0.497 e. The van der Waals surface area contributed by atoms with E-state index in [1.54, 1.807) is 23.8 Å². The van der Waals surface area contributed by atoms with Gasteiger partial charge in [-0.15, -0.1) is 10.2 Å². The quantitative estimate of drug-likeness (QED) is 0.792. The van der Waals surface area contributed by atoms with Crippen LogP contribution in [0.3, 0.4) is 0 Å². The molecule has 0 saturated heterocycles. The van der Waals surface area contributed by atoms with Crippen LogP contribution in [0, 0.1) is 0 Å². The Bertz CT molecular complexity index is 794. The van der Waals surface area contributed by atoms with Crippen LogP contribution < -0.4 is 4.74 Å². The number of rotatable bonds is 4. The number of fused-ring (bicyclic) bond motifs is 1. The van der Waals surface area contributed by atoms with Crippen LogP contribution in [-0.2, 0) is 6.42 Å². The third-order valence-electron chi connectivity index (χ3n) is 3.26. The number of hydrogen-bond acceptors (Lipinski definition) is 4. The molecule has 0 unspecified atom stereocenters. The molecule has 0 bridgehead atoms. The summed E-state index contributed by atoms with van der Waals surface area (Å²) in [5, 5.41) is 17.2. The SMILES string of the molecule is COc1ccc(Cc2nnc3c(C(=O)O)cccn23)cc1. The molecule has 2 aromatic heterocycles. The van der Waals surface area contributed by atoms with Gasteiger partial charge in [0, 0.05) is 12.6 Å². The van der Waals surface area contributed by atoms with E-state index >= 15 is 0 Å². The maximum atomic E-state index is 11.2. The average Bonchev–Trinajstić information content (AvgIpc) is 2.91. The van der Waals surface area contributed by atoms with Gasteiger partial charge >= 0.3 is 5.97 Å². The predicted molar refractivity (Wildman–Crippen MR) is 75.7 cm³/mol. The van der Waals surface area contributed by atoms with Gasteiger partial charge in [-0.05, 0) is 29.8 Å². The molecule has 6 heteroatoms. The minimum absolute atomic E-state index is 0.144. The monoisotopic (exact) mass is 283 g/mol. The number of carboxylic acids is 1. The number of aromatic carboxylic acids is 1. The van der Waals surface area contributed by atoms with Crippen molar-refractivity contribution in [1.82, 2.24) is 14.6 Å². The number of hydrogen-bond donors (Lipinski definition) is 1. The van der Waals surface area contributed by atoms with Gasteiger partial charge in [0.15, 0.2) is 5.65 Å². The lowest BCUT2D eigenvalue weighted by Crippen LogP contribution is -2.02. The first kappa shape index (κ1) is 13.1. The Kier molecular flexibility index (Phi) is 3.27. The topological polar surface area (TPSA) is 76.7 Å². The summed E-state index contributed by atoms with van der Waals surface area (Å²) in [6.45, 7) is 0. The van der Waals surface area contributed by atoms with Crippen molar-refractivity contribution >= 4 is 11.6 Å². The highest BCUT2D eigenvalue weighted by molar-refractivity contribution is 5.94. The molecule has 0 radical (unpaired) electrons. The zero-order chi connectivity index (χ0) is 14.8. The van der Waals surface area contributed by atoms with Gasteiger partial charge in [-0.25, -0.2) is 4.79 Å². The first-order valence-electron chi connectivity index (χ1n) is 6.38. The van der Waals surface area contributed by atoms with Gasteiger partial charge in [0.05, 0.1) is 7.11 Å². The lowest BCUT2D eigenvalue weighted by Gasteiger charge is -2.03. The van der Waals surface area contributed by atoms with Crippen molar-refractivity contribution in [3.05, 3.63) is 59.5 Å². The van der Waals surface area contributed by atoms with Crippen LogP contribution in [0.4, 0.5) is 0 Å². The van der Waals surface area contributed by atoms with Crippen molar-refractivity contribution in [2.75, 3.05) is 7.11 Å². The second-order valence-corrected chi connectivity index (χ2v) is 4.56. The van der Waals surface area contributed by atoms with Crippen LogP contribution in [0.5, 0.6) is 5.75 Å². The van der Waals surface area contributed by atoms with Gasteiger partial charge in [0.25, 0.3) is 0 Å². The molecule has 21 heavy (non-hydrogen) atoms. The minimum Gasteiger partial charge on any atom is -0.497 e. The lowest BCUT2D eigenvalue weighted by molar-refractivity contribution is 0.0698. The highest BCUT2D eigenvalue weighted by atomic mass is 16.5. The second-order valence-electron chi connectivity index (χ2n) is 4.56. The number of carbonyl (C=O) groups is 1. The van der Waals surface area contributed by atoms with Crippen molar-refractivity contribution in [3.8, 4) is 5.75 Å². The molecule has 0 aliphatic carbocycles. The lowest BCUT2D eigenvalue weighted by atomic mass is 10.1. The van der Waals surface area contributed by atoms with Gasteiger partial charge in [-0.3, -0.25) is 4.40 Å². The van der Waals surface area contributed by atoms with Gasteiger partial charge in [0.2, 0.25) is 0 Å². The van der Waals surface area contributed by atoms with Gasteiger partial charge < -0.3 is 9.84 Å². The van der Waals surface area contributed by atoms with Crippen LogP contribution in [-0.4, -0.2) is 32.8 Å². The number of benzene rings is 1. The maximum absolute atomic E-state index is 11.2. The molecule has 106 valence electrons. The molecule has 1 aromatic carbocycles. The summed E-state index contributed by atoms with van der Waals surface area (Å²) < 4.78 is 6.82. The summed E-state index contributed by atoms with van der Waals surface area (Å²) >= 11 is 0. The van der Waals surface area contributed by atoms with Crippen LogP contribution in [0.25, 0.3) is 5.65 Å². The highest BCUT2D eigenvalue weighted by Gasteiger charge is 2.13. The molecule has 3 rings (SSSR count). The fraction of sp³-hybridized carbons (Fsp3) is 0.133. The van der Waals surface area contributed by atoms with Crippen molar-refractivity contribution in [3.63, 3.8) is 0 Å². The summed E-state index contributed by atoms with van der Waals surface area (Å²) in [4.78, 5) is 11.2. The fourth-order valence-electron chi connectivity index (χ4n) is 2.18. The molecule has 0 spiro atoms. The molecular formula is C15H13N3O3. The third-order valence-corrected chi connectivity index (χ3v) is 3.26. The van der Waals surface area contributed by atoms with Crippen molar-refractivity contribution in [2.45, 2.75) is 6.42 Å². The summed E-state index contributed by atoms with van der Waals surface area (Å²) in [5.74, 6) is 0.472. The smallest absolute Gasteiger partial charge is 0.339 e. The third kappa shape index (κ3) is 2.43. The summed E-state index contributed by atoms with van der Waals surface area (Å²) in [7, 11) is 1.62. The van der Waals surface area contributed by atoms with Crippen molar-refractivity contribution < 1.29 is 14.6 Å². The molecule has 1 N–H and O–H groups in total. The number of pyridine rings is 1. The second kappa shape index (κ2) is 5.24. The standard InChI is InChI=1S/C15H13N3O3/c1-21-11-6-4-10(5-7-11)9-13-16-17-14-12(15(19)20)3-2-8-18(13)14/h2-8H,9H2,1H3,(H,19,20). The van der Waals surface area contributed by atoms with Gasteiger partial charge in [-0.1, -0.05) is 12.1 Å². The van der Waals surface area contributed by atoms with Crippen LogP contribution in [0.1, 0.15) is 21.7 Å². The number of methoxy groups -OCH3 is 1. The number of ether oxygens (including phenoxy) is 1. The van der Waals surface area contributed by atoms with E-state index in [4.69, 9.17) is 9.84 Å². The summed E-state index contributed by atoms with van der Waals surface area (Å²) in [6, 6.07) is 10.8. The normalized spacial score (nSPS) is 10.7. The molecule has 0 fully saturated rings. The number of aromatic nitrogens is 3. The molecule has 0 amide bonds. The van der Waals surface area contributed by atoms with E-state index in [1.165, 1.54) is 6.07 Å². The number of nitrogens with zero attached hydrogens (tertiary/aromatic N) is 3. The van der Waals surface area contributed by atoms with E-state index in [0.29, 0.717) is 17.9 Å². The van der Waals surface area contributed by atoms with Crippen LogP contribution >= 0.6 is 0 Å². The summed E-state index contributed by atoms with van der Waals surface area (Å²) in [6.07, 6.45) is 2.33. The van der Waals surface area contributed by atoms with E-state index in [-0.39, 0.29) is 5.56 Å². The molecule has 2 heterocycles. The molecular weight excluding hydrogens is 270 g/mol. The first-order chi connectivity index (χ1) is 10.2. The highest BCUT2D eigenvalue weighted by Crippen LogP contribution is 2.16. The Balaban J connectivity index is 1.97. The Morgan fingerprint density at radius 2 is 2.00 bits per heavy atom. The van der Waals surface area contributed by atoms with Crippen LogP contribution in [0.2, 0.25) is 0 Å². The van der Waals surface area contributed by atoms with E-state index in [1.807, 2.05) is 24.3 Å². The summed E-state index contributed by atoms with van der Waals surface area (Å²) in [5.41, 5.74) is 1.55. The van der Waals surface area contributed by atoms with Crippen LogP contribution in [0.15, 0.2) is 42.6 Å². The average molecular weight is 283 g/mol. The molecule has 0 aliphatic heterocycles. The fourth-order valence-corrected chi connectivity index (χ4v) is 2.18. The Labute approximate surface area is 120 Å². The molecule has 3 aromatic rings. The van der Waals surface area contributed by atoms with E-state index in [9.17, 15) is 4.79 Å². The van der Waals surface area contributed by atoms with Gasteiger partial charge in [-0.2, -0.15) is 0 Å². The van der Waals surface area contributed by atoms with E-state index in [2.05, 4.69) is 10.2 Å². The molecule has 0 aliphatic rings. The predicted octanol–water partition coefficient (Wildman–Crippen LogP) is 2.03. The maximum Gasteiger partial charge on any atom is 0.339 e. The Hall–Kier alpha value is -2.89. The first-order valence-corrected chi connectivity index (χ1v) is 6.38. The molecule has 6 nitrogen and oxygen atoms in total. The zero-order valence-corrected chi connectivity index (χ0v) is 11.4. The Morgan fingerprint density at radius 1 is 1.24 bits per heavy atom. The molecule has 0 saturated carbocycles. The molecule has 0 atom stereocenters. The van der Waals surface area contributed by atoms with Crippen molar-refractivity contribution in [2.24, 2.45) is 0 Å². The van der Waals surface area contributed by atoms with Crippen molar-refractivity contribution in [1.29, 1.82) is 0 Å². The van der Waals surface area contributed by atoms with Gasteiger partial charge in [0.1, 0.15) is 17.1 Å². The zero-order valence-electron chi connectivity index (χ0n) is 11.4. The van der Waals surface area contributed by atoms with E-state index < -0.39 is 5.97 Å². The minimum atomic E-state index is -1.01. The van der Waals surface area contributed by atoms with E-state index in [0.717, 1.165) is 11.3 Å².